The highest BCUT2D eigenvalue weighted by Crippen LogP contribution is 2.45. The SMILES string of the molecule is CCC(C)CCCCCCCCC(=O)OC[C@H](COP(=O)(O)OC[C@@H](O)COP(=O)(O)OC[C@@H](COC(=O)CCCCCCCCC(C)C)OC(=O)CCCCCCCCCCC(C)C)OC(=O)CCCCCCCCCCCCCC(C)C. The molecule has 0 radical (unpaired) electrons. The summed E-state index contributed by atoms with van der Waals surface area (Å²) in [5.74, 6) is 0.753. The number of carbonyl (C=O) groups is 4. The zero-order chi connectivity index (χ0) is 62.5. The molecule has 0 rings (SSSR count). The van der Waals surface area contributed by atoms with Gasteiger partial charge in [-0.2, -0.15) is 0 Å². The lowest BCUT2D eigenvalue weighted by atomic mass is 10.00. The van der Waals surface area contributed by atoms with Crippen LogP contribution in [-0.4, -0.2) is 96.7 Å². The van der Waals surface area contributed by atoms with Crippen molar-refractivity contribution in [2.75, 3.05) is 39.6 Å². The second-order valence-electron chi connectivity index (χ2n) is 25.2. The van der Waals surface area contributed by atoms with Crippen molar-refractivity contribution in [2.45, 2.75) is 331 Å². The minimum atomic E-state index is -4.95. The first-order valence-electron chi connectivity index (χ1n) is 33.7. The Morgan fingerprint density at radius 2 is 0.571 bits per heavy atom. The van der Waals surface area contributed by atoms with E-state index in [1.54, 1.807) is 0 Å². The highest BCUT2D eigenvalue weighted by molar-refractivity contribution is 7.47. The predicted octanol–water partition coefficient (Wildman–Crippen LogP) is 17.8. The lowest BCUT2D eigenvalue weighted by molar-refractivity contribution is -0.161. The number of hydrogen-bond donors (Lipinski definition) is 3. The monoisotopic (exact) mass is 1240 g/mol. The van der Waals surface area contributed by atoms with E-state index in [-0.39, 0.29) is 25.7 Å². The highest BCUT2D eigenvalue weighted by Gasteiger charge is 2.30. The number of phosphoric ester groups is 2. The third-order valence-electron chi connectivity index (χ3n) is 15.2. The van der Waals surface area contributed by atoms with E-state index in [0.717, 1.165) is 120 Å². The van der Waals surface area contributed by atoms with Gasteiger partial charge < -0.3 is 33.8 Å². The Morgan fingerprint density at radius 3 is 0.845 bits per heavy atom. The largest absolute Gasteiger partial charge is 0.472 e. The first kappa shape index (κ1) is 82.1. The molecule has 0 bridgehead atoms. The molecule has 3 unspecified atom stereocenters. The molecule has 0 aromatic heterocycles. The zero-order valence-electron chi connectivity index (χ0n) is 54.5. The first-order valence-corrected chi connectivity index (χ1v) is 36.7. The van der Waals surface area contributed by atoms with Gasteiger partial charge in [-0.1, -0.05) is 261 Å². The molecule has 0 aromatic carbocycles. The van der Waals surface area contributed by atoms with Gasteiger partial charge in [0.05, 0.1) is 26.4 Å². The molecule has 0 heterocycles. The Bertz CT molecular complexity index is 1680. The molecule has 0 saturated heterocycles. The number of unbranched alkanes of at least 4 members (excludes halogenated alkanes) is 27. The van der Waals surface area contributed by atoms with Crippen molar-refractivity contribution < 1.29 is 80.2 Å². The lowest BCUT2D eigenvalue weighted by Gasteiger charge is -2.21. The molecule has 6 atom stereocenters. The van der Waals surface area contributed by atoms with Crippen LogP contribution in [0.15, 0.2) is 0 Å². The number of ether oxygens (including phenoxy) is 4. The summed E-state index contributed by atoms with van der Waals surface area (Å²) in [5.41, 5.74) is 0. The lowest BCUT2D eigenvalue weighted by Crippen LogP contribution is -2.30. The molecular weight excluding hydrogens is 1110 g/mol. The van der Waals surface area contributed by atoms with Crippen molar-refractivity contribution in [2.24, 2.45) is 23.7 Å². The number of rotatable bonds is 62. The number of hydrogen-bond acceptors (Lipinski definition) is 15. The Labute approximate surface area is 511 Å². The summed E-state index contributed by atoms with van der Waals surface area (Å²) in [5, 5.41) is 10.5. The van der Waals surface area contributed by atoms with E-state index in [0.29, 0.717) is 31.6 Å². The molecule has 0 fully saturated rings. The van der Waals surface area contributed by atoms with Crippen LogP contribution in [0.25, 0.3) is 0 Å². The zero-order valence-corrected chi connectivity index (χ0v) is 56.3. The topological polar surface area (TPSA) is 237 Å². The van der Waals surface area contributed by atoms with E-state index in [9.17, 15) is 43.2 Å². The van der Waals surface area contributed by atoms with E-state index in [4.69, 9.17) is 37.0 Å². The summed E-state index contributed by atoms with van der Waals surface area (Å²) in [6, 6.07) is 0. The molecule has 19 heteroatoms. The number of carbonyl (C=O) groups excluding carboxylic acids is 4. The molecule has 0 aliphatic carbocycles. The number of esters is 4. The fourth-order valence-electron chi connectivity index (χ4n) is 9.57. The molecule has 3 N–H and O–H groups in total. The Balaban J connectivity index is 5.25. The summed E-state index contributed by atoms with van der Waals surface area (Å²) in [6.45, 7) is 13.9. The number of aliphatic hydroxyl groups is 1. The number of aliphatic hydroxyl groups excluding tert-OH is 1. The van der Waals surface area contributed by atoms with Gasteiger partial charge in [0.15, 0.2) is 12.2 Å². The van der Waals surface area contributed by atoms with Gasteiger partial charge in [-0.05, 0) is 49.4 Å². The van der Waals surface area contributed by atoms with Crippen molar-refractivity contribution in [3.05, 3.63) is 0 Å². The summed E-state index contributed by atoms with van der Waals surface area (Å²) >= 11 is 0. The maximum absolute atomic E-state index is 13.0. The molecule has 498 valence electrons. The minimum Gasteiger partial charge on any atom is -0.462 e. The van der Waals surface area contributed by atoms with Crippen LogP contribution in [-0.2, 0) is 65.4 Å². The predicted molar refractivity (Wildman–Crippen MR) is 335 cm³/mol. The third-order valence-corrected chi connectivity index (χ3v) is 17.1. The molecule has 0 aliphatic heterocycles. The minimum absolute atomic E-state index is 0.103. The van der Waals surface area contributed by atoms with E-state index in [1.165, 1.54) is 103 Å². The Morgan fingerprint density at radius 1 is 0.333 bits per heavy atom. The van der Waals surface area contributed by atoms with Crippen LogP contribution in [0.2, 0.25) is 0 Å². The average molecular weight is 1240 g/mol. The van der Waals surface area contributed by atoms with Crippen LogP contribution in [0, 0.1) is 23.7 Å². The highest BCUT2D eigenvalue weighted by atomic mass is 31.2. The van der Waals surface area contributed by atoms with Crippen molar-refractivity contribution in [3.63, 3.8) is 0 Å². The van der Waals surface area contributed by atoms with Crippen LogP contribution in [0.1, 0.15) is 312 Å². The smallest absolute Gasteiger partial charge is 0.462 e. The fraction of sp³-hybridized carbons (Fsp3) is 0.938. The Hall–Kier alpha value is -1.94. The van der Waals surface area contributed by atoms with Gasteiger partial charge in [0.25, 0.3) is 0 Å². The standard InChI is InChI=1S/C65H126O17P2/c1-9-58(8)44-36-28-22-24-30-38-46-63(68)76-52-61(81-64(69)47-39-31-19-14-12-10-11-13-17-25-33-41-55(2)3)54-80-84(73,74)78-50-59(66)49-77-83(71,72)79-53-60(51-75-62(67)45-37-29-23-21-27-35-43-57(6)7)82-65(70)48-40-32-20-16-15-18-26-34-42-56(4)5/h55-61,66H,9-54H2,1-8H3,(H,71,72)(H,73,74)/t58?,59-,60+,61+/m0/s1. The van der Waals surface area contributed by atoms with Crippen LogP contribution in [0.4, 0.5) is 0 Å². The average Bonchev–Trinajstić information content (AvgIpc) is 3.48. The van der Waals surface area contributed by atoms with Gasteiger partial charge in [0, 0.05) is 25.7 Å². The maximum Gasteiger partial charge on any atom is 0.472 e. The fourth-order valence-corrected chi connectivity index (χ4v) is 11.2. The molecule has 17 nitrogen and oxygen atoms in total. The molecule has 0 aromatic rings. The maximum atomic E-state index is 13.0. The molecule has 84 heavy (non-hydrogen) atoms. The molecule has 0 saturated carbocycles. The van der Waals surface area contributed by atoms with E-state index in [1.807, 2.05) is 0 Å². The van der Waals surface area contributed by atoms with Gasteiger partial charge in [-0.15, -0.1) is 0 Å². The van der Waals surface area contributed by atoms with Crippen molar-refractivity contribution in [3.8, 4) is 0 Å². The normalized spacial score (nSPS) is 14.7. The van der Waals surface area contributed by atoms with Gasteiger partial charge in [-0.3, -0.25) is 37.3 Å². The summed E-state index contributed by atoms with van der Waals surface area (Å²) in [7, 11) is -9.89. The molecule has 0 aliphatic rings. The number of phosphoric acid groups is 2. The summed E-state index contributed by atoms with van der Waals surface area (Å²) in [4.78, 5) is 72.2. The van der Waals surface area contributed by atoms with Gasteiger partial charge >= 0.3 is 39.5 Å². The van der Waals surface area contributed by atoms with E-state index in [2.05, 4.69) is 55.4 Å². The van der Waals surface area contributed by atoms with Crippen LogP contribution >= 0.6 is 15.6 Å². The first-order chi connectivity index (χ1) is 40.1. The van der Waals surface area contributed by atoms with Gasteiger partial charge in [0.2, 0.25) is 0 Å². The summed E-state index contributed by atoms with van der Waals surface area (Å²) in [6.07, 6.45) is 35.0. The van der Waals surface area contributed by atoms with Crippen LogP contribution in [0.3, 0.4) is 0 Å². The van der Waals surface area contributed by atoms with Crippen molar-refractivity contribution in [1.29, 1.82) is 0 Å². The van der Waals surface area contributed by atoms with Gasteiger partial charge in [-0.25, -0.2) is 9.13 Å². The van der Waals surface area contributed by atoms with Gasteiger partial charge in [0.1, 0.15) is 19.3 Å². The molecule has 0 amide bonds. The van der Waals surface area contributed by atoms with E-state index < -0.39 is 97.5 Å². The second-order valence-corrected chi connectivity index (χ2v) is 28.1. The molecule has 0 spiro atoms. The van der Waals surface area contributed by atoms with E-state index >= 15 is 0 Å². The quantitative estimate of drug-likeness (QED) is 0.0222. The third kappa shape index (κ3) is 57.8. The van der Waals surface area contributed by atoms with Crippen LogP contribution in [0.5, 0.6) is 0 Å². The second kappa shape index (κ2) is 55.2. The molecular formula is C65H126O17P2. The van der Waals surface area contributed by atoms with Crippen molar-refractivity contribution >= 4 is 39.5 Å². The van der Waals surface area contributed by atoms with Crippen LogP contribution < -0.4 is 0 Å². The van der Waals surface area contributed by atoms with Crippen molar-refractivity contribution in [1.82, 2.24) is 0 Å². The summed E-state index contributed by atoms with van der Waals surface area (Å²) < 4.78 is 68.0. The Kier molecular flexibility index (Phi) is 53.9.